The summed E-state index contributed by atoms with van der Waals surface area (Å²) < 4.78 is 0.967. The van der Waals surface area contributed by atoms with Gasteiger partial charge in [-0.05, 0) is 55.3 Å². The Morgan fingerprint density at radius 2 is 1.95 bits per heavy atom. The van der Waals surface area contributed by atoms with E-state index in [2.05, 4.69) is 26.7 Å². The van der Waals surface area contributed by atoms with Crippen LogP contribution in [-0.4, -0.2) is 5.91 Å². The minimum Gasteiger partial charge on any atom is -0.324 e. The summed E-state index contributed by atoms with van der Waals surface area (Å²) in [6, 6.07) is 11.1. The average molecular weight is 334 g/mol. The average Bonchev–Trinajstić information content (AvgIpc) is 2.43. The summed E-state index contributed by atoms with van der Waals surface area (Å²) in [5, 5.41) is 2.93. The summed E-state index contributed by atoms with van der Waals surface area (Å²) in [5.41, 5.74) is 6.63. The van der Waals surface area contributed by atoms with Crippen LogP contribution in [0.15, 0.2) is 40.9 Å². The maximum Gasteiger partial charge on any atom is 0.255 e. The third-order valence-electron chi connectivity index (χ3n) is 3.15. The van der Waals surface area contributed by atoms with Crippen molar-refractivity contribution < 1.29 is 4.79 Å². The van der Waals surface area contributed by atoms with Gasteiger partial charge in [0.1, 0.15) is 0 Å². The molecule has 0 aromatic heterocycles. The highest BCUT2D eigenvalue weighted by molar-refractivity contribution is 9.10. The van der Waals surface area contributed by atoms with Gasteiger partial charge in [-0.15, -0.1) is 0 Å². The van der Waals surface area contributed by atoms with Crippen LogP contribution in [0.3, 0.4) is 0 Å². The van der Waals surface area contributed by atoms with Crippen LogP contribution in [0.1, 0.15) is 21.5 Å². The number of hydrogen-bond donors (Lipinski definition) is 3. The third-order valence-corrected chi connectivity index (χ3v) is 4.01. The Morgan fingerprint density at radius 3 is 2.60 bits per heavy atom. The third kappa shape index (κ3) is 3.00. The second kappa shape index (κ2) is 6.07. The summed E-state index contributed by atoms with van der Waals surface area (Å²) in [6.07, 6.45) is 0. The maximum absolute atomic E-state index is 12.3. The molecule has 0 heterocycles. The summed E-state index contributed by atoms with van der Waals surface area (Å²) in [6.45, 7) is 3.83. The van der Waals surface area contributed by atoms with E-state index < -0.39 is 0 Å². The number of carbonyl (C=O) groups excluding carboxylic acids is 1. The number of nitrogen functional groups attached to an aromatic ring is 1. The Bertz CT molecular complexity index is 656. The largest absolute Gasteiger partial charge is 0.324 e. The molecule has 0 bridgehead atoms. The lowest BCUT2D eigenvalue weighted by atomic mass is 10.1. The SMILES string of the molecule is Cc1cc(NN)ccc1C(=O)Nc1cccc(Br)c1C. The molecule has 2 rings (SSSR count). The lowest BCUT2D eigenvalue weighted by Gasteiger charge is -2.12. The first kappa shape index (κ1) is 14.6. The molecule has 0 spiro atoms. The molecule has 0 fully saturated rings. The first-order valence-electron chi connectivity index (χ1n) is 6.16. The topological polar surface area (TPSA) is 67.1 Å². The molecule has 104 valence electrons. The zero-order valence-electron chi connectivity index (χ0n) is 11.3. The van der Waals surface area contributed by atoms with Crippen molar-refractivity contribution in [2.75, 3.05) is 10.7 Å². The van der Waals surface area contributed by atoms with Crippen molar-refractivity contribution in [3.8, 4) is 0 Å². The Hall–Kier alpha value is -1.85. The van der Waals surface area contributed by atoms with Gasteiger partial charge in [0.25, 0.3) is 5.91 Å². The van der Waals surface area contributed by atoms with E-state index in [4.69, 9.17) is 5.84 Å². The number of nitrogens with one attached hydrogen (secondary N) is 2. The molecule has 0 aliphatic rings. The van der Waals surface area contributed by atoms with Gasteiger partial charge in [0.2, 0.25) is 0 Å². The summed E-state index contributed by atoms with van der Waals surface area (Å²) in [5.74, 6) is 5.22. The Labute approximate surface area is 126 Å². The fraction of sp³-hybridized carbons (Fsp3) is 0.133. The molecule has 1 amide bonds. The van der Waals surface area contributed by atoms with Crippen molar-refractivity contribution in [3.05, 3.63) is 57.6 Å². The standard InChI is InChI=1S/C15H16BrN3O/c1-9-8-11(19-17)6-7-12(9)15(20)18-14-5-3-4-13(16)10(14)2/h3-8,19H,17H2,1-2H3,(H,18,20). The van der Waals surface area contributed by atoms with Gasteiger partial charge in [-0.2, -0.15) is 0 Å². The fourth-order valence-corrected chi connectivity index (χ4v) is 2.31. The number of nitrogens with two attached hydrogens (primary N) is 1. The van der Waals surface area contributed by atoms with Crippen molar-refractivity contribution in [1.82, 2.24) is 0 Å². The van der Waals surface area contributed by atoms with Crippen LogP contribution in [0.5, 0.6) is 0 Å². The van der Waals surface area contributed by atoms with E-state index in [1.807, 2.05) is 38.1 Å². The van der Waals surface area contributed by atoms with Gasteiger partial charge in [-0.25, -0.2) is 0 Å². The first-order valence-corrected chi connectivity index (χ1v) is 6.96. The Balaban J connectivity index is 2.26. The second-order valence-corrected chi connectivity index (χ2v) is 5.39. The second-order valence-electron chi connectivity index (χ2n) is 4.54. The molecule has 0 saturated heterocycles. The lowest BCUT2D eigenvalue weighted by Crippen LogP contribution is -2.15. The molecule has 5 heteroatoms. The molecule has 0 aliphatic carbocycles. The van der Waals surface area contributed by atoms with Gasteiger partial charge in [-0.3, -0.25) is 10.6 Å². The Kier molecular flexibility index (Phi) is 4.42. The highest BCUT2D eigenvalue weighted by Gasteiger charge is 2.11. The minimum atomic E-state index is -0.132. The lowest BCUT2D eigenvalue weighted by molar-refractivity contribution is 0.102. The number of carbonyl (C=O) groups is 1. The monoisotopic (exact) mass is 333 g/mol. The number of rotatable bonds is 3. The number of anilines is 2. The molecule has 0 aliphatic heterocycles. The van der Waals surface area contributed by atoms with Gasteiger partial charge < -0.3 is 10.7 Å². The maximum atomic E-state index is 12.3. The normalized spacial score (nSPS) is 10.2. The quantitative estimate of drug-likeness (QED) is 0.593. The fourth-order valence-electron chi connectivity index (χ4n) is 1.94. The van der Waals surface area contributed by atoms with Crippen molar-refractivity contribution in [1.29, 1.82) is 0 Å². The molecule has 0 radical (unpaired) electrons. The smallest absolute Gasteiger partial charge is 0.255 e. The van der Waals surface area contributed by atoms with Gasteiger partial charge in [0.05, 0.1) is 0 Å². The molecule has 4 N–H and O–H groups in total. The van der Waals surface area contributed by atoms with Gasteiger partial charge in [-0.1, -0.05) is 22.0 Å². The molecular formula is C15H16BrN3O. The summed E-state index contributed by atoms with van der Waals surface area (Å²) in [4.78, 5) is 12.3. The predicted octanol–water partition coefficient (Wildman–Crippen LogP) is 3.60. The van der Waals surface area contributed by atoms with Crippen LogP contribution in [0.2, 0.25) is 0 Å². The van der Waals surface area contributed by atoms with E-state index in [-0.39, 0.29) is 5.91 Å². The first-order chi connectivity index (χ1) is 9.52. The molecule has 20 heavy (non-hydrogen) atoms. The van der Waals surface area contributed by atoms with Gasteiger partial charge >= 0.3 is 0 Å². The summed E-state index contributed by atoms with van der Waals surface area (Å²) >= 11 is 3.45. The number of aryl methyl sites for hydroxylation is 1. The molecule has 2 aromatic rings. The van der Waals surface area contributed by atoms with E-state index in [0.29, 0.717) is 5.56 Å². The van der Waals surface area contributed by atoms with Crippen molar-refractivity contribution in [3.63, 3.8) is 0 Å². The Morgan fingerprint density at radius 1 is 1.20 bits per heavy atom. The van der Waals surface area contributed by atoms with Crippen LogP contribution < -0.4 is 16.6 Å². The number of benzene rings is 2. The number of hydrazine groups is 1. The van der Waals surface area contributed by atoms with Crippen molar-refractivity contribution in [2.45, 2.75) is 13.8 Å². The summed E-state index contributed by atoms with van der Waals surface area (Å²) in [7, 11) is 0. The van der Waals surface area contributed by atoms with Crippen molar-refractivity contribution in [2.24, 2.45) is 5.84 Å². The van der Waals surface area contributed by atoms with Gasteiger partial charge in [0.15, 0.2) is 0 Å². The number of halogens is 1. The molecule has 0 unspecified atom stereocenters. The van der Waals surface area contributed by atoms with E-state index >= 15 is 0 Å². The van der Waals surface area contributed by atoms with Crippen molar-refractivity contribution >= 4 is 33.2 Å². The number of amides is 1. The minimum absolute atomic E-state index is 0.132. The predicted molar refractivity (Wildman–Crippen MR) is 85.8 cm³/mol. The zero-order valence-corrected chi connectivity index (χ0v) is 12.9. The van der Waals surface area contributed by atoms with E-state index in [1.165, 1.54) is 0 Å². The molecule has 4 nitrogen and oxygen atoms in total. The van der Waals surface area contributed by atoms with Crippen LogP contribution in [0.4, 0.5) is 11.4 Å². The molecular weight excluding hydrogens is 318 g/mol. The highest BCUT2D eigenvalue weighted by Crippen LogP contribution is 2.24. The van der Waals surface area contributed by atoms with E-state index in [0.717, 1.165) is 27.0 Å². The highest BCUT2D eigenvalue weighted by atomic mass is 79.9. The van der Waals surface area contributed by atoms with Crippen LogP contribution in [0, 0.1) is 13.8 Å². The van der Waals surface area contributed by atoms with Crippen LogP contribution in [-0.2, 0) is 0 Å². The van der Waals surface area contributed by atoms with E-state index in [1.54, 1.807) is 12.1 Å². The van der Waals surface area contributed by atoms with Crippen LogP contribution in [0.25, 0.3) is 0 Å². The number of hydrogen-bond acceptors (Lipinski definition) is 3. The molecule has 0 saturated carbocycles. The zero-order chi connectivity index (χ0) is 14.7. The van der Waals surface area contributed by atoms with E-state index in [9.17, 15) is 4.79 Å². The van der Waals surface area contributed by atoms with Crippen LogP contribution >= 0.6 is 15.9 Å². The molecule has 2 aromatic carbocycles. The van der Waals surface area contributed by atoms with Gasteiger partial charge in [0, 0.05) is 21.4 Å². The molecule has 0 atom stereocenters.